The van der Waals surface area contributed by atoms with Crippen molar-refractivity contribution < 1.29 is 18.3 Å². The van der Waals surface area contributed by atoms with Crippen LogP contribution in [0.5, 0.6) is 0 Å². The summed E-state index contributed by atoms with van der Waals surface area (Å²) in [5, 5.41) is 2.58. The highest BCUT2D eigenvalue weighted by Gasteiger charge is 2.23. The predicted molar refractivity (Wildman–Crippen MR) is 66.8 cm³/mol. The fourth-order valence-corrected chi connectivity index (χ4v) is 1.95. The molecular formula is C13H16F2N2O2. The largest absolute Gasteiger partial charge is 0.379 e. The van der Waals surface area contributed by atoms with Gasteiger partial charge >= 0.3 is 0 Å². The second-order valence-corrected chi connectivity index (χ2v) is 4.44. The van der Waals surface area contributed by atoms with E-state index in [2.05, 4.69) is 5.32 Å². The highest BCUT2D eigenvalue weighted by molar-refractivity contribution is 5.94. The van der Waals surface area contributed by atoms with Crippen molar-refractivity contribution >= 4 is 11.6 Å². The smallest absolute Gasteiger partial charge is 0.241 e. The van der Waals surface area contributed by atoms with E-state index in [1.165, 1.54) is 6.07 Å². The van der Waals surface area contributed by atoms with Crippen molar-refractivity contribution in [1.29, 1.82) is 0 Å². The van der Waals surface area contributed by atoms with Crippen LogP contribution in [0.3, 0.4) is 0 Å². The second kappa shape index (κ2) is 6.08. The van der Waals surface area contributed by atoms with Crippen LogP contribution in [-0.4, -0.2) is 43.2 Å². The summed E-state index contributed by atoms with van der Waals surface area (Å²) in [5.41, 5.74) is 0.254. The van der Waals surface area contributed by atoms with Crippen molar-refractivity contribution in [3.63, 3.8) is 0 Å². The summed E-state index contributed by atoms with van der Waals surface area (Å²) in [6.45, 7) is 4.35. The Morgan fingerprint density at radius 1 is 1.32 bits per heavy atom. The van der Waals surface area contributed by atoms with E-state index in [1.54, 1.807) is 6.92 Å². The molecule has 0 aromatic heterocycles. The van der Waals surface area contributed by atoms with E-state index in [1.807, 2.05) is 4.90 Å². The SMILES string of the molecule is C[C@@H](C(=O)Nc1ccc(F)c(F)c1)N1CCOCC1. The van der Waals surface area contributed by atoms with Crippen molar-refractivity contribution in [1.82, 2.24) is 4.90 Å². The van der Waals surface area contributed by atoms with Gasteiger partial charge < -0.3 is 10.1 Å². The van der Waals surface area contributed by atoms with Crippen molar-refractivity contribution in [2.45, 2.75) is 13.0 Å². The molecule has 19 heavy (non-hydrogen) atoms. The van der Waals surface area contributed by atoms with Crippen LogP contribution in [0.2, 0.25) is 0 Å². The van der Waals surface area contributed by atoms with Crippen LogP contribution in [0.25, 0.3) is 0 Å². The number of halogens is 2. The minimum absolute atomic E-state index is 0.243. The van der Waals surface area contributed by atoms with Gasteiger partial charge in [-0.3, -0.25) is 9.69 Å². The van der Waals surface area contributed by atoms with Crippen LogP contribution >= 0.6 is 0 Å². The lowest BCUT2D eigenvalue weighted by atomic mass is 10.2. The van der Waals surface area contributed by atoms with Gasteiger partial charge in [-0.25, -0.2) is 8.78 Å². The molecule has 1 saturated heterocycles. The van der Waals surface area contributed by atoms with Gasteiger partial charge in [-0.1, -0.05) is 0 Å². The Hall–Kier alpha value is -1.53. The molecule has 4 nitrogen and oxygen atoms in total. The molecule has 1 atom stereocenters. The minimum Gasteiger partial charge on any atom is -0.379 e. The molecule has 1 aliphatic heterocycles. The first kappa shape index (κ1) is 13.9. The third-order valence-corrected chi connectivity index (χ3v) is 3.16. The number of morpholine rings is 1. The highest BCUT2D eigenvalue weighted by atomic mass is 19.2. The van der Waals surface area contributed by atoms with Crippen molar-refractivity contribution in [2.24, 2.45) is 0 Å². The first-order valence-electron chi connectivity index (χ1n) is 6.15. The number of anilines is 1. The average Bonchev–Trinajstić information content (AvgIpc) is 2.43. The standard InChI is InChI=1S/C13H16F2N2O2/c1-9(17-4-6-19-7-5-17)13(18)16-10-2-3-11(14)12(15)8-10/h2-3,8-9H,4-7H2,1H3,(H,16,18)/t9-/m0/s1. The first-order valence-corrected chi connectivity index (χ1v) is 6.15. The van der Waals surface area contributed by atoms with Crippen LogP contribution in [0.1, 0.15) is 6.92 Å². The van der Waals surface area contributed by atoms with Gasteiger partial charge in [0.25, 0.3) is 0 Å². The van der Waals surface area contributed by atoms with Gasteiger partial charge in [-0.05, 0) is 19.1 Å². The number of rotatable bonds is 3. The lowest BCUT2D eigenvalue weighted by Crippen LogP contribution is -2.47. The maximum Gasteiger partial charge on any atom is 0.241 e. The van der Waals surface area contributed by atoms with Gasteiger partial charge in [0.2, 0.25) is 5.91 Å². The summed E-state index contributed by atoms with van der Waals surface area (Å²) in [5.74, 6) is -2.15. The fraction of sp³-hybridized carbons (Fsp3) is 0.462. The lowest BCUT2D eigenvalue weighted by molar-refractivity contribution is -0.122. The lowest BCUT2D eigenvalue weighted by Gasteiger charge is -2.31. The number of amides is 1. The van der Waals surface area contributed by atoms with E-state index >= 15 is 0 Å². The third-order valence-electron chi connectivity index (χ3n) is 3.16. The average molecular weight is 270 g/mol. The minimum atomic E-state index is -0.975. The molecule has 104 valence electrons. The number of nitrogens with zero attached hydrogens (tertiary/aromatic N) is 1. The normalized spacial score (nSPS) is 18.1. The molecule has 0 spiro atoms. The molecule has 0 aliphatic carbocycles. The Bertz CT molecular complexity index is 462. The summed E-state index contributed by atoms with van der Waals surface area (Å²) >= 11 is 0. The molecule has 1 fully saturated rings. The first-order chi connectivity index (χ1) is 9.08. The van der Waals surface area contributed by atoms with Crippen LogP contribution in [-0.2, 0) is 9.53 Å². The zero-order chi connectivity index (χ0) is 13.8. The number of carbonyl (C=O) groups is 1. The maximum atomic E-state index is 13.0. The Labute approximate surface area is 110 Å². The molecular weight excluding hydrogens is 254 g/mol. The number of carbonyl (C=O) groups excluding carboxylic acids is 1. The monoisotopic (exact) mass is 270 g/mol. The maximum absolute atomic E-state index is 13.0. The number of hydrogen-bond acceptors (Lipinski definition) is 3. The topological polar surface area (TPSA) is 41.6 Å². The molecule has 1 N–H and O–H groups in total. The van der Waals surface area contributed by atoms with Crippen molar-refractivity contribution in [3.05, 3.63) is 29.8 Å². The number of hydrogen-bond donors (Lipinski definition) is 1. The Morgan fingerprint density at radius 3 is 2.63 bits per heavy atom. The zero-order valence-electron chi connectivity index (χ0n) is 10.7. The number of benzene rings is 1. The Morgan fingerprint density at radius 2 is 2.00 bits per heavy atom. The summed E-state index contributed by atoms with van der Waals surface area (Å²) < 4.78 is 31.0. The Kier molecular flexibility index (Phi) is 4.44. The molecule has 1 aromatic carbocycles. The molecule has 6 heteroatoms. The number of ether oxygens (including phenoxy) is 1. The van der Waals surface area contributed by atoms with Gasteiger partial charge in [0.1, 0.15) is 0 Å². The summed E-state index contributed by atoms with van der Waals surface area (Å²) in [4.78, 5) is 14.0. The molecule has 1 aromatic rings. The summed E-state index contributed by atoms with van der Waals surface area (Å²) in [6, 6.07) is 2.96. The van der Waals surface area contributed by atoms with E-state index in [9.17, 15) is 13.6 Å². The van der Waals surface area contributed by atoms with E-state index in [0.717, 1.165) is 12.1 Å². The van der Waals surface area contributed by atoms with Gasteiger partial charge in [-0.15, -0.1) is 0 Å². The molecule has 0 saturated carbocycles. The van der Waals surface area contributed by atoms with E-state index < -0.39 is 11.6 Å². The summed E-state index contributed by atoms with van der Waals surface area (Å²) in [7, 11) is 0. The van der Waals surface area contributed by atoms with Gasteiger partial charge in [-0.2, -0.15) is 0 Å². The zero-order valence-corrected chi connectivity index (χ0v) is 10.7. The molecule has 0 bridgehead atoms. The summed E-state index contributed by atoms with van der Waals surface area (Å²) in [6.07, 6.45) is 0. The highest BCUT2D eigenvalue weighted by Crippen LogP contribution is 2.14. The van der Waals surface area contributed by atoms with Crippen molar-refractivity contribution in [2.75, 3.05) is 31.6 Å². The van der Waals surface area contributed by atoms with E-state index in [-0.39, 0.29) is 17.6 Å². The molecule has 0 unspecified atom stereocenters. The third kappa shape index (κ3) is 3.48. The van der Waals surface area contributed by atoms with Crippen molar-refractivity contribution in [3.8, 4) is 0 Å². The molecule has 1 amide bonds. The van der Waals surface area contributed by atoms with Crippen LogP contribution in [0.15, 0.2) is 18.2 Å². The van der Waals surface area contributed by atoms with Crippen LogP contribution < -0.4 is 5.32 Å². The molecule has 1 heterocycles. The Balaban J connectivity index is 1.97. The van der Waals surface area contributed by atoms with Gasteiger partial charge in [0, 0.05) is 24.8 Å². The van der Waals surface area contributed by atoms with Crippen LogP contribution in [0.4, 0.5) is 14.5 Å². The van der Waals surface area contributed by atoms with E-state index in [4.69, 9.17) is 4.74 Å². The number of nitrogens with one attached hydrogen (secondary N) is 1. The molecule has 1 aliphatic rings. The van der Waals surface area contributed by atoms with E-state index in [0.29, 0.717) is 26.3 Å². The molecule has 0 radical (unpaired) electrons. The fourth-order valence-electron chi connectivity index (χ4n) is 1.95. The molecule has 2 rings (SSSR count). The quantitative estimate of drug-likeness (QED) is 0.907. The van der Waals surface area contributed by atoms with Gasteiger partial charge in [0.05, 0.1) is 19.3 Å². The predicted octanol–water partition coefficient (Wildman–Crippen LogP) is 1.62. The second-order valence-electron chi connectivity index (χ2n) is 4.44. The van der Waals surface area contributed by atoms with Gasteiger partial charge in [0.15, 0.2) is 11.6 Å². The van der Waals surface area contributed by atoms with Crippen LogP contribution in [0, 0.1) is 11.6 Å².